The summed E-state index contributed by atoms with van der Waals surface area (Å²) in [5.74, 6) is 0.207. The first kappa shape index (κ1) is 15.7. The van der Waals surface area contributed by atoms with Crippen LogP contribution in [-0.2, 0) is 21.2 Å². The van der Waals surface area contributed by atoms with E-state index in [1.54, 1.807) is 4.90 Å². The first-order valence-electron chi connectivity index (χ1n) is 7.78. The van der Waals surface area contributed by atoms with Gasteiger partial charge in [0.05, 0.1) is 21.1 Å². The summed E-state index contributed by atoms with van der Waals surface area (Å²) < 4.78 is 15.3. The van der Waals surface area contributed by atoms with E-state index >= 15 is 0 Å². The van der Waals surface area contributed by atoms with Gasteiger partial charge in [-0.1, -0.05) is 12.1 Å². The molecule has 1 amide bonds. The molecule has 2 aliphatic rings. The predicted octanol–water partition coefficient (Wildman–Crippen LogP) is 2.81. The summed E-state index contributed by atoms with van der Waals surface area (Å²) in [4.78, 5) is 14.3. The Morgan fingerprint density at radius 3 is 2.50 bits per heavy atom. The number of hydrogen-bond donors (Lipinski definition) is 1. The normalized spacial score (nSPS) is 21.9. The quantitative estimate of drug-likeness (QED) is 0.931. The Morgan fingerprint density at radius 2 is 1.95 bits per heavy atom. The van der Waals surface area contributed by atoms with Crippen LogP contribution in [0.15, 0.2) is 18.2 Å². The van der Waals surface area contributed by atoms with Crippen LogP contribution in [0.2, 0.25) is 0 Å². The third-order valence-electron chi connectivity index (χ3n) is 4.69. The van der Waals surface area contributed by atoms with E-state index < -0.39 is 11.0 Å². The fourth-order valence-electron chi connectivity index (χ4n) is 3.25. The number of anilines is 1. The molecule has 0 saturated heterocycles. The SMILES string of the molecule is CC(N[S@](=O)C(C)(C)C)c1cccc2c1C1(CC1)C(=O)N2C. The van der Waals surface area contributed by atoms with Crippen molar-refractivity contribution >= 4 is 22.6 Å². The number of nitrogens with zero attached hydrogens (tertiary/aromatic N) is 1. The molecule has 1 saturated carbocycles. The number of carbonyl (C=O) groups excluding carboxylic acids is 1. The van der Waals surface area contributed by atoms with Crippen molar-refractivity contribution in [3.05, 3.63) is 29.3 Å². The van der Waals surface area contributed by atoms with Gasteiger partial charge in [0.15, 0.2) is 0 Å². The minimum Gasteiger partial charge on any atom is -0.314 e. The Hall–Kier alpha value is -1.20. The van der Waals surface area contributed by atoms with Crippen molar-refractivity contribution in [3.8, 4) is 0 Å². The number of amides is 1. The van der Waals surface area contributed by atoms with Crippen LogP contribution in [0.25, 0.3) is 0 Å². The van der Waals surface area contributed by atoms with Crippen LogP contribution < -0.4 is 9.62 Å². The highest BCUT2D eigenvalue weighted by molar-refractivity contribution is 7.84. The zero-order valence-electron chi connectivity index (χ0n) is 13.9. The number of hydrogen-bond acceptors (Lipinski definition) is 2. The van der Waals surface area contributed by atoms with Crippen molar-refractivity contribution in [2.45, 2.75) is 56.7 Å². The van der Waals surface area contributed by atoms with E-state index in [0.717, 1.165) is 29.7 Å². The Labute approximate surface area is 134 Å². The maximum absolute atomic E-state index is 12.5. The number of benzene rings is 1. The Kier molecular flexibility index (Phi) is 3.49. The van der Waals surface area contributed by atoms with Crippen molar-refractivity contribution in [2.75, 3.05) is 11.9 Å². The van der Waals surface area contributed by atoms with Gasteiger partial charge in [-0.3, -0.25) is 4.79 Å². The van der Waals surface area contributed by atoms with Crippen LogP contribution in [0.3, 0.4) is 0 Å². The second-order valence-electron chi connectivity index (χ2n) is 7.41. The largest absolute Gasteiger partial charge is 0.314 e. The number of likely N-dealkylation sites (N-methyl/N-ethyl adjacent to an activating group) is 1. The molecule has 1 heterocycles. The van der Waals surface area contributed by atoms with Crippen molar-refractivity contribution in [1.29, 1.82) is 0 Å². The van der Waals surface area contributed by atoms with Crippen LogP contribution in [-0.4, -0.2) is 21.9 Å². The van der Waals surface area contributed by atoms with Crippen LogP contribution in [0.1, 0.15) is 57.7 Å². The molecule has 1 unspecified atom stereocenters. The molecule has 0 radical (unpaired) electrons. The second-order valence-corrected chi connectivity index (χ2v) is 9.41. The van der Waals surface area contributed by atoms with Crippen LogP contribution in [0.4, 0.5) is 5.69 Å². The van der Waals surface area contributed by atoms with Crippen LogP contribution in [0, 0.1) is 0 Å². The van der Waals surface area contributed by atoms with E-state index in [-0.39, 0.29) is 22.1 Å². The Balaban J connectivity index is 1.98. The van der Waals surface area contributed by atoms with Gasteiger partial charge in [-0.2, -0.15) is 0 Å². The molecule has 22 heavy (non-hydrogen) atoms. The molecule has 120 valence electrons. The first-order chi connectivity index (χ1) is 10.2. The van der Waals surface area contributed by atoms with Crippen molar-refractivity contribution in [2.24, 2.45) is 0 Å². The maximum atomic E-state index is 12.5. The minimum atomic E-state index is -1.13. The van der Waals surface area contributed by atoms with Gasteiger partial charge in [-0.15, -0.1) is 0 Å². The Bertz CT molecular complexity index is 659. The van der Waals surface area contributed by atoms with E-state index in [0.29, 0.717) is 0 Å². The van der Waals surface area contributed by atoms with Crippen LogP contribution in [0.5, 0.6) is 0 Å². The van der Waals surface area contributed by atoms with E-state index in [2.05, 4.69) is 10.8 Å². The summed E-state index contributed by atoms with van der Waals surface area (Å²) in [6, 6.07) is 6.00. The van der Waals surface area contributed by atoms with E-state index in [9.17, 15) is 9.00 Å². The molecule has 0 aromatic heterocycles. The molecule has 3 rings (SSSR count). The Morgan fingerprint density at radius 1 is 1.32 bits per heavy atom. The molecular formula is C17H24N2O2S. The van der Waals surface area contributed by atoms with Gasteiger partial charge in [-0.25, -0.2) is 8.93 Å². The predicted molar refractivity (Wildman–Crippen MR) is 90.2 cm³/mol. The molecule has 1 N–H and O–H groups in total. The highest BCUT2D eigenvalue weighted by Crippen LogP contribution is 2.58. The monoisotopic (exact) mass is 320 g/mol. The smallest absolute Gasteiger partial charge is 0.237 e. The lowest BCUT2D eigenvalue weighted by Crippen LogP contribution is -2.35. The van der Waals surface area contributed by atoms with Gasteiger partial charge in [0, 0.05) is 18.8 Å². The summed E-state index contributed by atoms with van der Waals surface area (Å²) in [7, 11) is 0.716. The molecule has 2 atom stereocenters. The first-order valence-corrected chi connectivity index (χ1v) is 8.93. The molecular weight excluding hydrogens is 296 g/mol. The molecule has 4 nitrogen and oxygen atoms in total. The number of fused-ring (bicyclic) bond motifs is 2. The molecule has 1 aromatic rings. The summed E-state index contributed by atoms with van der Waals surface area (Å²) >= 11 is 0. The van der Waals surface area contributed by atoms with E-state index in [1.165, 1.54) is 0 Å². The fraction of sp³-hybridized carbons (Fsp3) is 0.588. The van der Waals surface area contributed by atoms with Gasteiger partial charge >= 0.3 is 0 Å². The van der Waals surface area contributed by atoms with Crippen molar-refractivity contribution in [1.82, 2.24) is 4.72 Å². The molecule has 1 fully saturated rings. The third kappa shape index (κ3) is 2.22. The van der Waals surface area contributed by atoms with Gasteiger partial charge in [-0.05, 0) is 57.7 Å². The summed E-state index contributed by atoms with van der Waals surface area (Å²) in [6.45, 7) is 7.89. The number of carbonyl (C=O) groups is 1. The summed E-state index contributed by atoms with van der Waals surface area (Å²) in [5, 5.41) is 0. The summed E-state index contributed by atoms with van der Waals surface area (Å²) in [5.41, 5.74) is 2.95. The average Bonchev–Trinajstić information content (AvgIpc) is 3.21. The highest BCUT2D eigenvalue weighted by atomic mass is 32.2. The van der Waals surface area contributed by atoms with Gasteiger partial charge in [0.1, 0.15) is 0 Å². The molecule has 1 aromatic carbocycles. The van der Waals surface area contributed by atoms with Gasteiger partial charge < -0.3 is 4.90 Å². The third-order valence-corrected chi connectivity index (χ3v) is 6.37. The average molecular weight is 320 g/mol. The highest BCUT2D eigenvalue weighted by Gasteiger charge is 2.59. The van der Waals surface area contributed by atoms with Gasteiger partial charge in [0.2, 0.25) is 5.91 Å². The molecule has 1 aliphatic carbocycles. The molecule has 0 bridgehead atoms. The van der Waals surface area contributed by atoms with Gasteiger partial charge in [0.25, 0.3) is 0 Å². The fourth-order valence-corrected chi connectivity index (χ4v) is 4.05. The van der Waals surface area contributed by atoms with Crippen molar-refractivity contribution < 1.29 is 9.00 Å². The standard InChI is InChI=1S/C17H24N2O2S/c1-11(18-22(21)16(2,3)4)12-7-6-8-13-14(12)17(9-10-17)15(20)19(13)5/h6-8,11,18H,9-10H2,1-5H3/t11?,22-/m1/s1. The van der Waals surface area contributed by atoms with E-state index in [1.807, 2.05) is 46.9 Å². The summed E-state index contributed by atoms with van der Waals surface area (Å²) in [6.07, 6.45) is 1.85. The van der Waals surface area contributed by atoms with E-state index in [4.69, 9.17) is 0 Å². The van der Waals surface area contributed by atoms with Crippen molar-refractivity contribution in [3.63, 3.8) is 0 Å². The zero-order chi connectivity index (χ0) is 16.3. The lowest BCUT2D eigenvalue weighted by Gasteiger charge is -2.24. The lowest BCUT2D eigenvalue weighted by atomic mass is 9.90. The molecule has 5 heteroatoms. The number of rotatable bonds is 3. The minimum absolute atomic E-state index is 0.0493. The second kappa shape index (κ2) is 4.90. The zero-order valence-corrected chi connectivity index (χ0v) is 14.7. The molecule has 1 spiro atoms. The maximum Gasteiger partial charge on any atom is 0.237 e. The van der Waals surface area contributed by atoms with Crippen LogP contribution >= 0.6 is 0 Å². The lowest BCUT2D eigenvalue weighted by molar-refractivity contribution is -0.119. The topological polar surface area (TPSA) is 49.4 Å². The molecule has 1 aliphatic heterocycles. The number of nitrogens with one attached hydrogen (secondary N) is 1.